The zero-order valence-corrected chi connectivity index (χ0v) is 9.89. The minimum Gasteiger partial charge on any atom is -0.374 e. The minimum atomic E-state index is 0.268. The molecular formula is C10H22N2OS. The quantitative estimate of drug-likeness (QED) is 0.669. The van der Waals surface area contributed by atoms with E-state index in [2.05, 4.69) is 11.2 Å². The average Bonchev–Trinajstić information content (AvgIpc) is 2.25. The van der Waals surface area contributed by atoms with Gasteiger partial charge in [0.05, 0.1) is 12.7 Å². The lowest BCUT2D eigenvalue weighted by molar-refractivity contribution is -0.0233. The molecule has 2 N–H and O–H groups in total. The fourth-order valence-electron chi connectivity index (χ4n) is 1.71. The topological polar surface area (TPSA) is 38.5 Å². The molecule has 1 aliphatic rings. The van der Waals surface area contributed by atoms with Crippen molar-refractivity contribution in [1.82, 2.24) is 4.90 Å². The van der Waals surface area contributed by atoms with E-state index < -0.39 is 0 Å². The van der Waals surface area contributed by atoms with Crippen LogP contribution in [0, 0.1) is 0 Å². The molecular weight excluding hydrogens is 196 g/mol. The molecule has 0 saturated carbocycles. The first-order valence-corrected chi connectivity index (χ1v) is 6.79. The lowest BCUT2D eigenvalue weighted by Crippen LogP contribution is -2.45. The first-order valence-electron chi connectivity index (χ1n) is 5.39. The largest absolute Gasteiger partial charge is 0.374 e. The summed E-state index contributed by atoms with van der Waals surface area (Å²) in [6.07, 6.45) is 5.06. The monoisotopic (exact) mass is 218 g/mol. The maximum absolute atomic E-state index is 5.59. The smallest absolute Gasteiger partial charge is 0.0824 e. The number of morpholine rings is 1. The van der Waals surface area contributed by atoms with Crippen molar-refractivity contribution < 1.29 is 4.74 Å². The zero-order chi connectivity index (χ0) is 10.2. The number of rotatable bonds is 6. The van der Waals surface area contributed by atoms with Gasteiger partial charge >= 0.3 is 0 Å². The van der Waals surface area contributed by atoms with E-state index in [9.17, 15) is 0 Å². The fourth-order valence-corrected chi connectivity index (χ4v) is 2.20. The predicted molar refractivity (Wildman–Crippen MR) is 62.9 cm³/mol. The van der Waals surface area contributed by atoms with Crippen molar-refractivity contribution in [2.75, 3.05) is 44.8 Å². The molecule has 1 saturated heterocycles. The van der Waals surface area contributed by atoms with Crippen LogP contribution in [-0.2, 0) is 4.74 Å². The number of nitrogens with two attached hydrogens (primary N) is 1. The molecule has 0 bridgehead atoms. The second-order valence-corrected chi connectivity index (χ2v) is 4.71. The van der Waals surface area contributed by atoms with Gasteiger partial charge in [0.25, 0.3) is 0 Å². The summed E-state index contributed by atoms with van der Waals surface area (Å²) in [6, 6.07) is 0. The van der Waals surface area contributed by atoms with E-state index in [0.29, 0.717) is 6.54 Å². The van der Waals surface area contributed by atoms with Gasteiger partial charge < -0.3 is 10.5 Å². The van der Waals surface area contributed by atoms with E-state index >= 15 is 0 Å². The molecule has 1 atom stereocenters. The molecule has 0 aromatic heterocycles. The summed E-state index contributed by atoms with van der Waals surface area (Å²) in [5.41, 5.74) is 5.59. The maximum atomic E-state index is 5.59. The van der Waals surface area contributed by atoms with Crippen LogP contribution < -0.4 is 5.73 Å². The molecule has 1 unspecified atom stereocenters. The Balaban J connectivity index is 2.05. The van der Waals surface area contributed by atoms with Crippen molar-refractivity contribution in [2.45, 2.75) is 18.9 Å². The molecule has 0 radical (unpaired) electrons. The lowest BCUT2D eigenvalue weighted by atomic mass is 10.2. The van der Waals surface area contributed by atoms with Crippen molar-refractivity contribution in [2.24, 2.45) is 5.73 Å². The Morgan fingerprint density at radius 2 is 2.36 bits per heavy atom. The van der Waals surface area contributed by atoms with E-state index in [1.54, 1.807) is 0 Å². The molecule has 1 heterocycles. The van der Waals surface area contributed by atoms with Gasteiger partial charge in [0.2, 0.25) is 0 Å². The molecule has 3 nitrogen and oxygen atoms in total. The normalized spacial score (nSPS) is 24.0. The van der Waals surface area contributed by atoms with Gasteiger partial charge in [0.15, 0.2) is 0 Å². The van der Waals surface area contributed by atoms with Crippen LogP contribution in [0.1, 0.15) is 12.8 Å². The van der Waals surface area contributed by atoms with Crippen molar-refractivity contribution in [3.05, 3.63) is 0 Å². The third kappa shape index (κ3) is 4.64. The van der Waals surface area contributed by atoms with Crippen molar-refractivity contribution in [3.8, 4) is 0 Å². The minimum absolute atomic E-state index is 0.268. The zero-order valence-electron chi connectivity index (χ0n) is 9.08. The highest BCUT2D eigenvalue weighted by Gasteiger charge is 2.18. The van der Waals surface area contributed by atoms with Crippen LogP contribution in [0.25, 0.3) is 0 Å². The molecule has 1 rings (SSSR count). The van der Waals surface area contributed by atoms with Crippen LogP contribution in [0.15, 0.2) is 0 Å². The first kappa shape index (κ1) is 12.3. The summed E-state index contributed by atoms with van der Waals surface area (Å²) in [7, 11) is 0. The van der Waals surface area contributed by atoms with E-state index in [1.807, 2.05) is 11.8 Å². The first-order chi connectivity index (χ1) is 6.86. The summed E-state index contributed by atoms with van der Waals surface area (Å²) in [5, 5.41) is 0. The van der Waals surface area contributed by atoms with Crippen LogP contribution in [0.3, 0.4) is 0 Å². The molecule has 0 spiro atoms. The Hall–Kier alpha value is 0.230. The van der Waals surface area contributed by atoms with Gasteiger partial charge in [-0.25, -0.2) is 0 Å². The molecule has 4 heteroatoms. The predicted octanol–water partition coefficient (Wildman–Crippen LogP) is 0.789. The van der Waals surface area contributed by atoms with E-state index in [1.165, 1.54) is 25.1 Å². The third-order valence-corrected chi connectivity index (χ3v) is 3.26. The van der Waals surface area contributed by atoms with Gasteiger partial charge in [-0.3, -0.25) is 4.90 Å². The highest BCUT2D eigenvalue weighted by molar-refractivity contribution is 7.98. The Kier molecular flexibility index (Phi) is 6.60. The summed E-state index contributed by atoms with van der Waals surface area (Å²) in [4.78, 5) is 2.47. The lowest BCUT2D eigenvalue weighted by Gasteiger charge is -2.32. The number of thioether (sulfide) groups is 1. The van der Waals surface area contributed by atoms with E-state index in [-0.39, 0.29) is 6.10 Å². The molecule has 0 aliphatic carbocycles. The number of unbranched alkanes of at least 4 members (excludes halogenated alkanes) is 1. The van der Waals surface area contributed by atoms with Crippen LogP contribution >= 0.6 is 11.8 Å². The molecule has 1 fully saturated rings. The standard InChI is InChI=1S/C10H22N2OS/c1-14-7-3-2-4-12-5-6-13-10(8-11)9-12/h10H,2-9,11H2,1H3. The molecule has 14 heavy (non-hydrogen) atoms. The number of hydrogen-bond donors (Lipinski definition) is 1. The fraction of sp³-hybridized carbons (Fsp3) is 1.00. The summed E-state index contributed by atoms with van der Waals surface area (Å²) >= 11 is 1.93. The number of ether oxygens (including phenoxy) is 1. The van der Waals surface area contributed by atoms with E-state index in [0.717, 1.165) is 19.7 Å². The van der Waals surface area contributed by atoms with Gasteiger partial charge in [0.1, 0.15) is 0 Å². The van der Waals surface area contributed by atoms with Gasteiger partial charge in [-0.05, 0) is 31.4 Å². The Morgan fingerprint density at radius 3 is 3.07 bits per heavy atom. The maximum Gasteiger partial charge on any atom is 0.0824 e. The van der Waals surface area contributed by atoms with Crippen LogP contribution in [0.2, 0.25) is 0 Å². The molecule has 84 valence electrons. The second kappa shape index (κ2) is 7.51. The van der Waals surface area contributed by atoms with Gasteiger partial charge in [-0.2, -0.15) is 11.8 Å². The molecule has 0 amide bonds. The number of nitrogens with zero attached hydrogens (tertiary/aromatic N) is 1. The Labute approximate surface area is 91.4 Å². The summed E-state index contributed by atoms with van der Waals surface area (Å²) < 4.78 is 5.51. The van der Waals surface area contributed by atoms with Crippen LogP contribution in [-0.4, -0.2) is 55.8 Å². The average molecular weight is 218 g/mol. The molecule has 0 aromatic carbocycles. The molecule has 1 aliphatic heterocycles. The highest BCUT2D eigenvalue weighted by atomic mass is 32.2. The highest BCUT2D eigenvalue weighted by Crippen LogP contribution is 2.06. The second-order valence-electron chi connectivity index (χ2n) is 3.73. The Bertz CT molecular complexity index is 146. The van der Waals surface area contributed by atoms with E-state index in [4.69, 9.17) is 10.5 Å². The summed E-state index contributed by atoms with van der Waals surface area (Å²) in [5.74, 6) is 1.28. The summed E-state index contributed by atoms with van der Waals surface area (Å²) in [6.45, 7) is 4.82. The Morgan fingerprint density at radius 1 is 1.50 bits per heavy atom. The van der Waals surface area contributed by atoms with Crippen molar-refractivity contribution >= 4 is 11.8 Å². The molecule has 0 aromatic rings. The third-order valence-electron chi connectivity index (χ3n) is 2.56. The van der Waals surface area contributed by atoms with Gasteiger partial charge in [-0.15, -0.1) is 0 Å². The number of hydrogen-bond acceptors (Lipinski definition) is 4. The van der Waals surface area contributed by atoms with Crippen LogP contribution in [0.5, 0.6) is 0 Å². The van der Waals surface area contributed by atoms with Crippen LogP contribution in [0.4, 0.5) is 0 Å². The van der Waals surface area contributed by atoms with Crippen molar-refractivity contribution in [3.63, 3.8) is 0 Å². The van der Waals surface area contributed by atoms with Gasteiger partial charge in [-0.1, -0.05) is 0 Å². The SMILES string of the molecule is CSCCCCN1CCOC(CN)C1. The van der Waals surface area contributed by atoms with Crippen molar-refractivity contribution in [1.29, 1.82) is 0 Å². The van der Waals surface area contributed by atoms with Gasteiger partial charge in [0, 0.05) is 19.6 Å².